The lowest BCUT2D eigenvalue weighted by atomic mass is 9.87. The lowest BCUT2D eigenvalue weighted by molar-refractivity contribution is -0.174. The van der Waals surface area contributed by atoms with Crippen LogP contribution in [0.2, 0.25) is 0 Å². The van der Waals surface area contributed by atoms with Crippen molar-refractivity contribution in [2.75, 3.05) is 7.11 Å². The molecule has 0 spiro atoms. The molecule has 1 atom stereocenters. The third-order valence-corrected chi connectivity index (χ3v) is 2.55. The predicted molar refractivity (Wildman–Crippen MR) is 61.0 cm³/mol. The maximum atomic E-state index is 12.3. The SMILES string of the molecule is COc1ccc(C(=O)C(C)(N)C(=O)C(F)(F)F)cc1. The van der Waals surface area contributed by atoms with E-state index >= 15 is 0 Å². The van der Waals surface area contributed by atoms with E-state index in [0.29, 0.717) is 5.75 Å². The number of benzene rings is 1. The Balaban J connectivity index is 3.07. The van der Waals surface area contributed by atoms with Crippen LogP contribution < -0.4 is 10.5 Å². The summed E-state index contributed by atoms with van der Waals surface area (Å²) >= 11 is 0. The molecule has 0 aliphatic carbocycles. The Morgan fingerprint density at radius 3 is 2.00 bits per heavy atom. The average Bonchev–Trinajstić information content (AvgIpc) is 2.36. The van der Waals surface area contributed by atoms with Gasteiger partial charge in [-0.1, -0.05) is 0 Å². The van der Waals surface area contributed by atoms with E-state index in [1.165, 1.54) is 31.4 Å². The van der Waals surface area contributed by atoms with Crippen LogP contribution in [0.25, 0.3) is 0 Å². The van der Waals surface area contributed by atoms with E-state index in [2.05, 4.69) is 0 Å². The van der Waals surface area contributed by atoms with Crippen LogP contribution in [-0.2, 0) is 4.79 Å². The molecule has 4 nitrogen and oxygen atoms in total. The summed E-state index contributed by atoms with van der Waals surface area (Å²) in [6, 6.07) is 5.27. The molecule has 1 unspecified atom stereocenters. The van der Waals surface area contributed by atoms with Crippen molar-refractivity contribution in [3.05, 3.63) is 29.8 Å². The molecule has 0 amide bonds. The smallest absolute Gasteiger partial charge is 0.452 e. The Hall–Kier alpha value is -1.89. The molecular weight excluding hydrogens is 263 g/mol. The molecule has 0 saturated carbocycles. The Morgan fingerprint density at radius 1 is 1.16 bits per heavy atom. The average molecular weight is 275 g/mol. The van der Waals surface area contributed by atoms with Crippen LogP contribution >= 0.6 is 0 Å². The van der Waals surface area contributed by atoms with Crippen molar-refractivity contribution < 1.29 is 27.5 Å². The summed E-state index contributed by atoms with van der Waals surface area (Å²) in [5.74, 6) is -2.95. The summed E-state index contributed by atoms with van der Waals surface area (Å²) < 4.78 is 41.9. The minimum absolute atomic E-state index is 0.0941. The first-order valence-corrected chi connectivity index (χ1v) is 5.20. The third-order valence-electron chi connectivity index (χ3n) is 2.55. The van der Waals surface area contributed by atoms with Crippen molar-refractivity contribution in [3.63, 3.8) is 0 Å². The van der Waals surface area contributed by atoms with Gasteiger partial charge in [0.2, 0.25) is 0 Å². The minimum Gasteiger partial charge on any atom is -0.497 e. The van der Waals surface area contributed by atoms with E-state index in [1.54, 1.807) is 0 Å². The van der Waals surface area contributed by atoms with Gasteiger partial charge >= 0.3 is 6.18 Å². The molecule has 0 fully saturated rings. The lowest BCUT2D eigenvalue weighted by Gasteiger charge is -2.22. The van der Waals surface area contributed by atoms with Crippen molar-refractivity contribution in [3.8, 4) is 5.75 Å². The highest BCUT2D eigenvalue weighted by Gasteiger charge is 2.52. The molecule has 0 aliphatic rings. The summed E-state index contributed by atoms with van der Waals surface area (Å²) in [7, 11) is 1.40. The van der Waals surface area contributed by atoms with Crippen LogP contribution in [0.5, 0.6) is 5.75 Å². The first kappa shape index (κ1) is 15.2. The number of hydrogen-bond donors (Lipinski definition) is 1. The zero-order chi connectivity index (χ0) is 14.8. The molecule has 0 aliphatic heterocycles. The van der Waals surface area contributed by atoms with E-state index in [-0.39, 0.29) is 5.56 Å². The van der Waals surface area contributed by atoms with Gasteiger partial charge in [0.25, 0.3) is 5.78 Å². The summed E-state index contributed by atoms with van der Waals surface area (Å²) in [6.07, 6.45) is -5.16. The zero-order valence-corrected chi connectivity index (χ0v) is 10.2. The van der Waals surface area contributed by atoms with Crippen LogP contribution in [-0.4, -0.2) is 30.4 Å². The van der Waals surface area contributed by atoms with Crippen LogP contribution in [0.4, 0.5) is 13.2 Å². The van der Waals surface area contributed by atoms with Crippen molar-refractivity contribution in [2.24, 2.45) is 5.73 Å². The summed E-state index contributed by atoms with van der Waals surface area (Å²) in [5, 5.41) is 0. The number of nitrogens with two attached hydrogens (primary N) is 1. The topological polar surface area (TPSA) is 69.4 Å². The number of alkyl halides is 3. The Labute approximate surface area is 107 Å². The maximum absolute atomic E-state index is 12.3. The second kappa shape index (κ2) is 5.00. The molecule has 0 bridgehead atoms. The Kier molecular flexibility index (Phi) is 4.00. The predicted octanol–water partition coefficient (Wildman–Crippen LogP) is 1.73. The fourth-order valence-electron chi connectivity index (χ4n) is 1.44. The zero-order valence-electron chi connectivity index (χ0n) is 10.2. The maximum Gasteiger partial charge on any atom is 0.452 e. The molecule has 7 heteroatoms. The standard InChI is InChI=1S/C12H12F3NO3/c1-11(16,10(18)12(13,14)15)9(17)7-3-5-8(19-2)6-4-7/h3-6H,16H2,1-2H3. The molecule has 0 radical (unpaired) electrons. The fraction of sp³-hybridized carbons (Fsp3) is 0.333. The van der Waals surface area contributed by atoms with Gasteiger partial charge in [-0.2, -0.15) is 13.2 Å². The molecule has 104 valence electrons. The number of carbonyl (C=O) groups is 2. The highest BCUT2D eigenvalue weighted by molar-refractivity contribution is 6.19. The monoisotopic (exact) mass is 275 g/mol. The molecule has 2 N–H and O–H groups in total. The molecular formula is C12H12F3NO3. The first-order chi connectivity index (χ1) is 8.60. The lowest BCUT2D eigenvalue weighted by Crippen LogP contribution is -2.57. The Morgan fingerprint density at radius 2 is 1.63 bits per heavy atom. The summed E-state index contributed by atoms with van der Waals surface area (Å²) in [6.45, 7) is 0.745. The van der Waals surface area contributed by atoms with Gasteiger partial charge in [0, 0.05) is 5.56 Å². The number of ether oxygens (including phenoxy) is 1. The van der Waals surface area contributed by atoms with Crippen LogP contribution in [0, 0.1) is 0 Å². The summed E-state index contributed by atoms with van der Waals surface area (Å²) in [4.78, 5) is 23.0. The van der Waals surface area contributed by atoms with Crippen LogP contribution in [0.15, 0.2) is 24.3 Å². The van der Waals surface area contributed by atoms with Crippen molar-refractivity contribution >= 4 is 11.6 Å². The van der Waals surface area contributed by atoms with E-state index in [9.17, 15) is 22.8 Å². The molecule has 0 heterocycles. The molecule has 0 aromatic heterocycles. The third kappa shape index (κ3) is 3.11. The molecule has 19 heavy (non-hydrogen) atoms. The van der Waals surface area contributed by atoms with Gasteiger partial charge < -0.3 is 10.5 Å². The first-order valence-electron chi connectivity index (χ1n) is 5.20. The van der Waals surface area contributed by atoms with Gasteiger partial charge in [-0.3, -0.25) is 9.59 Å². The number of halogens is 3. The van der Waals surface area contributed by atoms with Gasteiger partial charge in [-0.25, -0.2) is 0 Å². The van der Waals surface area contributed by atoms with E-state index in [0.717, 1.165) is 6.92 Å². The van der Waals surface area contributed by atoms with Gasteiger partial charge in [0.1, 0.15) is 11.3 Å². The molecule has 0 saturated heterocycles. The number of rotatable bonds is 4. The van der Waals surface area contributed by atoms with Gasteiger partial charge in [-0.05, 0) is 31.2 Å². The quantitative estimate of drug-likeness (QED) is 0.671. The van der Waals surface area contributed by atoms with E-state index in [1.807, 2.05) is 0 Å². The number of methoxy groups -OCH3 is 1. The van der Waals surface area contributed by atoms with E-state index < -0.39 is 23.3 Å². The Bertz CT molecular complexity index is 492. The van der Waals surface area contributed by atoms with Crippen LogP contribution in [0.3, 0.4) is 0 Å². The molecule has 1 rings (SSSR count). The largest absolute Gasteiger partial charge is 0.497 e. The number of carbonyl (C=O) groups excluding carboxylic acids is 2. The number of hydrogen-bond acceptors (Lipinski definition) is 4. The highest BCUT2D eigenvalue weighted by Crippen LogP contribution is 2.25. The number of Topliss-reactive ketones (excluding diaryl/α,β-unsaturated/α-hetero) is 2. The molecule has 1 aromatic rings. The van der Waals surface area contributed by atoms with Gasteiger partial charge in [0.05, 0.1) is 7.11 Å². The summed E-state index contributed by atoms with van der Waals surface area (Å²) in [5.41, 5.74) is 2.50. The van der Waals surface area contributed by atoms with Crippen molar-refractivity contribution in [1.29, 1.82) is 0 Å². The molecule has 1 aromatic carbocycles. The van der Waals surface area contributed by atoms with Gasteiger partial charge in [0.15, 0.2) is 5.78 Å². The minimum atomic E-state index is -5.16. The second-order valence-electron chi connectivity index (χ2n) is 4.09. The van der Waals surface area contributed by atoms with Crippen LogP contribution in [0.1, 0.15) is 17.3 Å². The van der Waals surface area contributed by atoms with Gasteiger partial charge in [-0.15, -0.1) is 0 Å². The van der Waals surface area contributed by atoms with E-state index in [4.69, 9.17) is 10.5 Å². The normalized spacial score (nSPS) is 14.6. The highest BCUT2D eigenvalue weighted by atomic mass is 19.4. The second-order valence-corrected chi connectivity index (χ2v) is 4.09. The van der Waals surface area contributed by atoms with Crippen molar-refractivity contribution in [1.82, 2.24) is 0 Å². The van der Waals surface area contributed by atoms with Crippen molar-refractivity contribution in [2.45, 2.75) is 18.6 Å². The fourth-order valence-corrected chi connectivity index (χ4v) is 1.44. The number of ketones is 2.